The van der Waals surface area contributed by atoms with Crippen LogP contribution >= 0.6 is 0 Å². The summed E-state index contributed by atoms with van der Waals surface area (Å²) in [6.07, 6.45) is 12.8. The van der Waals surface area contributed by atoms with Crippen LogP contribution in [-0.2, 0) is 4.79 Å². The molecule has 0 saturated heterocycles. The lowest BCUT2D eigenvalue weighted by atomic mass is 10.0. The zero-order valence-electron chi connectivity index (χ0n) is 16.0. The molecular weight excluding hydrogens is 344 g/mol. The molecule has 2 saturated carbocycles. The van der Waals surface area contributed by atoms with Gasteiger partial charge in [-0.1, -0.05) is 85.7 Å². The molecule has 2 aliphatic rings. The lowest BCUT2D eigenvalue weighted by Crippen LogP contribution is -2.22. The van der Waals surface area contributed by atoms with Crippen LogP contribution in [0.25, 0.3) is 12.2 Å². The third-order valence-electron chi connectivity index (χ3n) is 5.75. The number of hydrogen-bond acceptors (Lipinski definition) is 2. The minimum absolute atomic E-state index is 0.0793. The number of carbonyl (C=O) groups excluding carboxylic acids is 1. The van der Waals surface area contributed by atoms with Crippen molar-refractivity contribution in [3.05, 3.63) is 83.9 Å². The summed E-state index contributed by atoms with van der Waals surface area (Å²) in [5.74, 6) is 1.43. The van der Waals surface area contributed by atoms with Gasteiger partial charge in [-0.3, -0.25) is 4.79 Å². The standard InChI is InChI=1S/C25H26N2O/c28-25(24-22-13-7-8-14-23(22)24)27-26-21(17-15-19-9-3-1-4-10-19)18-16-20-11-5-2-6-12-20/h1-6,9-12,15-18,22-24H,7-8,13-14H2,(H,27,28)/b17-15+,18-16+. The summed E-state index contributed by atoms with van der Waals surface area (Å²) in [6, 6.07) is 20.2. The molecule has 0 spiro atoms. The summed E-state index contributed by atoms with van der Waals surface area (Å²) >= 11 is 0. The number of hydrazone groups is 1. The van der Waals surface area contributed by atoms with Crippen molar-refractivity contribution < 1.29 is 4.79 Å². The Hall–Kier alpha value is -2.94. The van der Waals surface area contributed by atoms with Crippen LogP contribution in [0.5, 0.6) is 0 Å². The Morgan fingerprint density at radius 2 is 1.32 bits per heavy atom. The molecule has 28 heavy (non-hydrogen) atoms. The molecule has 2 unspecified atom stereocenters. The second-order valence-electron chi connectivity index (χ2n) is 7.64. The van der Waals surface area contributed by atoms with Crippen LogP contribution in [0.4, 0.5) is 0 Å². The highest BCUT2D eigenvalue weighted by molar-refractivity contribution is 6.09. The second-order valence-corrected chi connectivity index (χ2v) is 7.64. The molecule has 0 aliphatic heterocycles. The van der Waals surface area contributed by atoms with Crippen molar-refractivity contribution in [2.24, 2.45) is 22.9 Å². The largest absolute Gasteiger partial charge is 0.273 e. The number of fused-ring (bicyclic) bond motifs is 1. The SMILES string of the molecule is O=C(NN=C(/C=C/c1ccccc1)/C=C/c1ccccc1)C1C2CCCCC21. The van der Waals surface area contributed by atoms with Gasteiger partial charge in [-0.2, -0.15) is 5.10 Å². The number of nitrogens with zero attached hydrogens (tertiary/aromatic N) is 1. The first kappa shape index (κ1) is 18.4. The number of benzene rings is 2. The molecule has 1 N–H and O–H groups in total. The maximum absolute atomic E-state index is 12.6. The fraction of sp³-hybridized carbons (Fsp3) is 0.280. The Kier molecular flexibility index (Phi) is 5.81. The Morgan fingerprint density at radius 3 is 1.82 bits per heavy atom. The van der Waals surface area contributed by atoms with E-state index in [-0.39, 0.29) is 11.8 Å². The molecule has 4 rings (SSSR count). The summed E-state index contributed by atoms with van der Waals surface area (Å²) in [5.41, 5.74) is 5.75. The number of nitrogens with one attached hydrogen (secondary N) is 1. The van der Waals surface area contributed by atoms with E-state index in [9.17, 15) is 4.79 Å². The molecule has 3 heteroatoms. The van der Waals surface area contributed by atoms with Crippen molar-refractivity contribution in [2.75, 3.05) is 0 Å². The van der Waals surface area contributed by atoms with Crippen molar-refractivity contribution in [2.45, 2.75) is 25.7 Å². The highest BCUT2D eigenvalue weighted by Crippen LogP contribution is 2.55. The van der Waals surface area contributed by atoms with E-state index >= 15 is 0 Å². The maximum Gasteiger partial charge on any atom is 0.243 e. The van der Waals surface area contributed by atoms with Gasteiger partial charge in [0.15, 0.2) is 0 Å². The molecule has 0 heterocycles. The topological polar surface area (TPSA) is 41.5 Å². The van der Waals surface area contributed by atoms with Crippen molar-refractivity contribution >= 4 is 23.8 Å². The predicted molar refractivity (Wildman–Crippen MR) is 115 cm³/mol. The first-order valence-electron chi connectivity index (χ1n) is 10.1. The van der Waals surface area contributed by atoms with E-state index in [1.54, 1.807) is 0 Å². The van der Waals surface area contributed by atoms with E-state index in [1.807, 2.05) is 85.0 Å². The van der Waals surface area contributed by atoms with Gasteiger partial charge in [-0.15, -0.1) is 0 Å². The van der Waals surface area contributed by atoms with E-state index in [0.717, 1.165) is 16.8 Å². The van der Waals surface area contributed by atoms with Crippen LogP contribution in [0.1, 0.15) is 36.8 Å². The van der Waals surface area contributed by atoms with Crippen molar-refractivity contribution in [1.29, 1.82) is 0 Å². The molecule has 2 aliphatic carbocycles. The van der Waals surface area contributed by atoms with E-state index in [2.05, 4.69) is 10.5 Å². The average molecular weight is 370 g/mol. The third-order valence-corrected chi connectivity index (χ3v) is 5.75. The normalized spacial score (nSPS) is 23.4. The Bertz CT molecular complexity index is 820. The van der Waals surface area contributed by atoms with Crippen LogP contribution in [0.15, 0.2) is 77.9 Å². The van der Waals surface area contributed by atoms with Gasteiger partial charge < -0.3 is 0 Å². The lowest BCUT2D eigenvalue weighted by molar-refractivity contribution is -0.122. The highest BCUT2D eigenvalue weighted by Gasteiger charge is 2.54. The quantitative estimate of drug-likeness (QED) is 0.542. The molecule has 2 atom stereocenters. The summed E-state index contributed by atoms with van der Waals surface area (Å²) in [7, 11) is 0. The van der Waals surface area contributed by atoms with E-state index < -0.39 is 0 Å². The molecular formula is C25H26N2O. The molecule has 1 amide bonds. The molecule has 2 aromatic carbocycles. The molecule has 2 fully saturated rings. The summed E-state index contributed by atoms with van der Waals surface area (Å²) < 4.78 is 0. The van der Waals surface area contributed by atoms with Crippen LogP contribution < -0.4 is 5.43 Å². The predicted octanol–water partition coefficient (Wildman–Crippen LogP) is 5.32. The minimum Gasteiger partial charge on any atom is -0.273 e. The summed E-state index contributed by atoms with van der Waals surface area (Å²) in [4.78, 5) is 12.6. The first-order valence-corrected chi connectivity index (χ1v) is 10.1. The second kappa shape index (κ2) is 8.83. The summed E-state index contributed by atoms with van der Waals surface area (Å²) in [6.45, 7) is 0. The molecule has 0 radical (unpaired) electrons. The van der Waals surface area contributed by atoms with Gasteiger partial charge >= 0.3 is 0 Å². The van der Waals surface area contributed by atoms with Gasteiger partial charge in [0.2, 0.25) is 5.91 Å². The zero-order valence-corrected chi connectivity index (χ0v) is 16.0. The minimum atomic E-state index is 0.0793. The molecule has 2 aromatic rings. The monoisotopic (exact) mass is 370 g/mol. The lowest BCUT2D eigenvalue weighted by Gasteiger charge is -2.04. The van der Waals surface area contributed by atoms with Crippen LogP contribution in [0.2, 0.25) is 0 Å². The Morgan fingerprint density at radius 1 is 0.821 bits per heavy atom. The molecule has 0 bridgehead atoms. The number of amides is 1. The number of allylic oxidation sites excluding steroid dienone is 2. The number of rotatable bonds is 6. The molecule has 142 valence electrons. The zero-order chi connectivity index (χ0) is 19.2. The van der Waals surface area contributed by atoms with Crippen molar-refractivity contribution in [3.63, 3.8) is 0 Å². The smallest absolute Gasteiger partial charge is 0.243 e. The van der Waals surface area contributed by atoms with Gasteiger partial charge in [0.25, 0.3) is 0 Å². The van der Waals surface area contributed by atoms with Crippen molar-refractivity contribution in [1.82, 2.24) is 5.43 Å². The molecule has 0 aromatic heterocycles. The summed E-state index contributed by atoms with van der Waals surface area (Å²) in [5, 5.41) is 4.42. The van der Waals surface area contributed by atoms with Crippen LogP contribution in [-0.4, -0.2) is 11.6 Å². The van der Waals surface area contributed by atoms with Gasteiger partial charge in [0.05, 0.1) is 5.71 Å². The van der Waals surface area contributed by atoms with E-state index in [4.69, 9.17) is 0 Å². The fourth-order valence-electron chi connectivity index (χ4n) is 4.20. The van der Waals surface area contributed by atoms with Gasteiger partial charge in [-0.05, 0) is 48.0 Å². The highest BCUT2D eigenvalue weighted by atomic mass is 16.2. The Labute approximate surface area is 166 Å². The van der Waals surface area contributed by atoms with Crippen molar-refractivity contribution in [3.8, 4) is 0 Å². The number of hydrogen-bond donors (Lipinski definition) is 1. The third kappa shape index (κ3) is 4.66. The molecule has 3 nitrogen and oxygen atoms in total. The Balaban J connectivity index is 1.47. The number of carbonyl (C=O) groups is 1. The fourth-order valence-corrected chi connectivity index (χ4v) is 4.20. The van der Waals surface area contributed by atoms with Gasteiger partial charge in [0, 0.05) is 5.92 Å². The maximum atomic E-state index is 12.6. The van der Waals surface area contributed by atoms with E-state index in [0.29, 0.717) is 11.8 Å². The van der Waals surface area contributed by atoms with Gasteiger partial charge in [0.1, 0.15) is 0 Å². The van der Waals surface area contributed by atoms with Crippen LogP contribution in [0.3, 0.4) is 0 Å². The van der Waals surface area contributed by atoms with E-state index in [1.165, 1.54) is 25.7 Å². The van der Waals surface area contributed by atoms with Gasteiger partial charge in [-0.25, -0.2) is 5.43 Å². The first-order chi connectivity index (χ1) is 13.8. The van der Waals surface area contributed by atoms with Crippen LogP contribution in [0, 0.1) is 17.8 Å². The average Bonchev–Trinajstić information content (AvgIpc) is 3.49.